The Bertz CT molecular complexity index is 546. The van der Waals surface area contributed by atoms with Crippen LogP contribution in [0.15, 0.2) is 18.5 Å². The standard InChI is InChI=1S/C14H17N3O3/c1-17(9-6-13(18)20-2)14(19)12-5-8-16-10-11(12)4-3-7-15/h5,8,10H,6-7,9,15H2,1-2H3. The highest BCUT2D eigenvalue weighted by molar-refractivity contribution is 5.96. The lowest BCUT2D eigenvalue weighted by atomic mass is 10.1. The number of carbonyl (C=O) groups excluding carboxylic acids is 2. The molecule has 0 aliphatic rings. The summed E-state index contributed by atoms with van der Waals surface area (Å²) in [6.45, 7) is 0.484. The van der Waals surface area contributed by atoms with E-state index in [-0.39, 0.29) is 31.4 Å². The molecule has 1 rings (SSSR count). The normalized spacial score (nSPS) is 9.35. The second kappa shape index (κ2) is 7.92. The number of aromatic nitrogens is 1. The molecule has 6 heteroatoms. The number of nitrogens with zero attached hydrogens (tertiary/aromatic N) is 2. The van der Waals surface area contributed by atoms with E-state index >= 15 is 0 Å². The minimum Gasteiger partial charge on any atom is -0.469 e. The third kappa shape index (κ3) is 4.37. The van der Waals surface area contributed by atoms with Gasteiger partial charge in [0, 0.05) is 26.0 Å². The number of hydrogen-bond acceptors (Lipinski definition) is 5. The van der Waals surface area contributed by atoms with Gasteiger partial charge in [-0.1, -0.05) is 11.8 Å². The van der Waals surface area contributed by atoms with Crippen molar-refractivity contribution in [1.29, 1.82) is 0 Å². The smallest absolute Gasteiger partial charge is 0.307 e. The van der Waals surface area contributed by atoms with Crippen LogP contribution < -0.4 is 5.73 Å². The molecular formula is C14H17N3O3. The Morgan fingerprint density at radius 1 is 1.50 bits per heavy atom. The van der Waals surface area contributed by atoms with Gasteiger partial charge in [0.25, 0.3) is 5.91 Å². The number of esters is 1. The number of methoxy groups -OCH3 is 1. The number of carbonyl (C=O) groups is 2. The van der Waals surface area contributed by atoms with Gasteiger partial charge in [0.2, 0.25) is 0 Å². The molecule has 1 aromatic heterocycles. The van der Waals surface area contributed by atoms with Crippen molar-refractivity contribution in [3.05, 3.63) is 29.6 Å². The Balaban J connectivity index is 2.83. The molecule has 106 valence electrons. The Labute approximate surface area is 117 Å². The Kier molecular flexibility index (Phi) is 6.20. The van der Waals surface area contributed by atoms with Crippen LogP contribution >= 0.6 is 0 Å². The fourth-order valence-electron chi connectivity index (χ4n) is 1.50. The van der Waals surface area contributed by atoms with Crippen LogP contribution in [0.4, 0.5) is 0 Å². The van der Waals surface area contributed by atoms with Crippen molar-refractivity contribution in [2.75, 3.05) is 27.2 Å². The van der Waals surface area contributed by atoms with Crippen molar-refractivity contribution in [3.8, 4) is 11.8 Å². The molecule has 0 bridgehead atoms. The largest absolute Gasteiger partial charge is 0.469 e. The van der Waals surface area contributed by atoms with Crippen molar-refractivity contribution in [2.24, 2.45) is 5.73 Å². The summed E-state index contributed by atoms with van der Waals surface area (Å²) in [5.74, 6) is 4.92. The van der Waals surface area contributed by atoms with Gasteiger partial charge in [-0.2, -0.15) is 0 Å². The summed E-state index contributed by atoms with van der Waals surface area (Å²) in [7, 11) is 2.93. The fourth-order valence-corrected chi connectivity index (χ4v) is 1.50. The second-order valence-electron chi connectivity index (χ2n) is 3.98. The van der Waals surface area contributed by atoms with Crippen LogP contribution in [0.1, 0.15) is 22.3 Å². The highest BCUT2D eigenvalue weighted by Crippen LogP contribution is 2.09. The highest BCUT2D eigenvalue weighted by atomic mass is 16.5. The van der Waals surface area contributed by atoms with Gasteiger partial charge in [-0.25, -0.2) is 0 Å². The van der Waals surface area contributed by atoms with Crippen molar-refractivity contribution >= 4 is 11.9 Å². The predicted molar refractivity (Wildman–Crippen MR) is 73.8 cm³/mol. The van der Waals surface area contributed by atoms with Gasteiger partial charge in [-0.15, -0.1) is 0 Å². The summed E-state index contributed by atoms with van der Waals surface area (Å²) >= 11 is 0. The Morgan fingerprint density at radius 2 is 2.25 bits per heavy atom. The third-order valence-electron chi connectivity index (χ3n) is 2.60. The lowest BCUT2D eigenvalue weighted by molar-refractivity contribution is -0.140. The van der Waals surface area contributed by atoms with Crippen LogP contribution in [-0.2, 0) is 9.53 Å². The molecule has 1 aromatic rings. The third-order valence-corrected chi connectivity index (χ3v) is 2.60. The molecule has 2 N–H and O–H groups in total. The van der Waals surface area contributed by atoms with Crippen molar-refractivity contribution in [2.45, 2.75) is 6.42 Å². The highest BCUT2D eigenvalue weighted by Gasteiger charge is 2.16. The van der Waals surface area contributed by atoms with Crippen LogP contribution in [0.2, 0.25) is 0 Å². The lowest BCUT2D eigenvalue weighted by Crippen LogP contribution is -2.29. The quantitative estimate of drug-likeness (QED) is 0.619. The van der Waals surface area contributed by atoms with Crippen molar-refractivity contribution < 1.29 is 14.3 Å². The topological polar surface area (TPSA) is 85.5 Å². The van der Waals surface area contributed by atoms with Gasteiger partial charge >= 0.3 is 5.97 Å². The van der Waals surface area contributed by atoms with E-state index in [0.29, 0.717) is 11.1 Å². The van der Waals surface area contributed by atoms with E-state index in [1.807, 2.05) is 0 Å². The minimum atomic E-state index is -0.359. The number of nitrogens with two attached hydrogens (primary N) is 1. The molecule has 0 spiro atoms. The van der Waals surface area contributed by atoms with Crippen molar-refractivity contribution in [1.82, 2.24) is 9.88 Å². The van der Waals surface area contributed by atoms with Crippen LogP contribution in [0.5, 0.6) is 0 Å². The van der Waals surface area contributed by atoms with Gasteiger partial charge in [0.05, 0.1) is 31.2 Å². The van der Waals surface area contributed by atoms with E-state index in [0.717, 1.165) is 0 Å². The Morgan fingerprint density at radius 3 is 2.90 bits per heavy atom. The van der Waals surface area contributed by atoms with Gasteiger partial charge in [-0.05, 0) is 6.07 Å². The first-order valence-electron chi connectivity index (χ1n) is 6.05. The molecule has 0 aromatic carbocycles. The van der Waals surface area contributed by atoms with E-state index in [1.165, 1.54) is 24.4 Å². The number of amides is 1. The van der Waals surface area contributed by atoms with E-state index in [4.69, 9.17) is 5.73 Å². The molecular weight excluding hydrogens is 258 g/mol. The SMILES string of the molecule is COC(=O)CCN(C)C(=O)c1ccncc1C#CCN. The van der Waals surface area contributed by atoms with Gasteiger partial charge < -0.3 is 15.4 Å². The average Bonchev–Trinajstić information content (AvgIpc) is 2.49. The molecule has 0 aliphatic carbocycles. The number of rotatable bonds is 4. The summed E-state index contributed by atoms with van der Waals surface area (Å²) in [6.07, 6.45) is 3.19. The number of ether oxygens (including phenoxy) is 1. The maximum atomic E-state index is 12.3. The molecule has 6 nitrogen and oxygen atoms in total. The van der Waals surface area contributed by atoms with Crippen LogP contribution in [0.25, 0.3) is 0 Å². The molecule has 0 aliphatic heterocycles. The van der Waals surface area contributed by atoms with Gasteiger partial charge in [0.15, 0.2) is 0 Å². The first kappa shape index (κ1) is 15.7. The van der Waals surface area contributed by atoms with Crippen LogP contribution in [0, 0.1) is 11.8 Å². The number of pyridine rings is 1. The van der Waals surface area contributed by atoms with Gasteiger partial charge in [0.1, 0.15) is 0 Å². The molecule has 0 radical (unpaired) electrons. The van der Waals surface area contributed by atoms with Crippen LogP contribution in [-0.4, -0.2) is 49.0 Å². The summed E-state index contributed by atoms with van der Waals surface area (Å²) in [5, 5.41) is 0. The first-order chi connectivity index (χ1) is 9.60. The van der Waals surface area contributed by atoms with Crippen LogP contribution in [0.3, 0.4) is 0 Å². The summed E-state index contributed by atoms with van der Waals surface area (Å²) < 4.78 is 4.54. The molecule has 0 saturated heterocycles. The molecule has 20 heavy (non-hydrogen) atoms. The molecule has 0 unspecified atom stereocenters. The monoisotopic (exact) mass is 275 g/mol. The summed E-state index contributed by atoms with van der Waals surface area (Å²) in [4.78, 5) is 28.7. The van der Waals surface area contributed by atoms with Crippen molar-refractivity contribution in [3.63, 3.8) is 0 Å². The van der Waals surface area contributed by atoms with E-state index in [1.54, 1.807) is 13.1 Å². The molecule has 0 fully saturated rings. The predicted octanol–water partition coefficient (Wildman–Crippen LogP) is 0.0269. The molecule has 1 heterocycles. The fraction of sp³-hybridized carbons (Fsp3) is 0.357. The Hall–Kier alpha value is -2.39. The molecule has 1 amide bonds. The summed E-state index contributed by atoms with van der Waals surface area (Å²) in [6, 6.07) is 1.59. The van der Waals surface area contributed by atoms with E-state index < -0.39 is 0 Å². The zero-order chi connectivity index (χ0) is 15.0. The first-order valence-corrected chi connectivity index (χ1v) is 6.05. The maximum absolute atomic E-state index is 12.3. The second-order valence-corrected chi connectivity index (χ2v) is 3.98. The van der Waals surface area contributed by atoms with E-state index in [9.17, 15) is 9.59 Å². The maximum Gasteiger partial charge on any atom is 0.307 e. The summed E-state index contributed by atoms with van der Waals surface area (Å²) in [5.41, 5.74) is 6.28. The van der Waals surface area contributed by atoms with Gasteiger partial charge in [-0.3, -0.25) is 14.6 Å². The molecule has 0 saturated carbocycles. The van der Waals surface area contributed by atoms with E-state index in [2.05, 4.69) is 21.6 Å². The number of hydrogen-bond donors (Lipinski definition) is 1. The molecule has 0 atom stereocenters. The minimum absolute atomic E-state index is 0.146. The lowest BCUT2D eigenvalue weighted by Gasteiger charge is -2.17. The zero-order valence-electron chi connectivity index (χ0n) is 11.5. The average molecular weight is 275 g/mol. The zero-order valence-corrected chi connectivity index (χ0v) is 11.5.